The molecule has 1 heterocycles. The summed E-state index contributed by atoms with van der Waals surface area (Å²) >= 11 is 5.76. The third-order valence-corrected chi connectivity index (χ3v) is 2.53. The van der Waals surface area contributed by atoms with Crippen molar-refractivity contribution in [2.75, 3.05) is 18.6 Å². The van der Waals surface area contributed by atoms with E-state index in [1.807, 2.05) is 6.92 Å². The first-order chi connectivity index (χ1) is 8.47. The Morgan fingerprint density at radius 1 is 1.50 bits per heavy atom. The normalized spacial score (nSPS) is 12.0. The molecule has 7 nitrogen and oxygen atoms in total. The molecule has 1 N–H and O–H groups in total. The standard InChI is InChI=1S/C10H15ClN4O3/c1-4-15(6(2)5-7(16)17)9-12-8(11)13-10(14-9)18-3/h6H,4-5H2,1-3H3,(H,16,17). The number of aliphatic carboxylic acids is 1. The van der Waals surface area contributed by atoms with Gasteiger partial charge in [-0.2, -0.15) is 15.0 Å². The van der Waals surface area contributed by atoms with Gasteiger partial charge in [-0.25, -0.2) is 0 Å². The van der Waals surface area contributed by atoms with Crippen molar-refractivity contribution >= 4 is 23.5 Å². The average Bonchev–Trinajstić information content (AvgIpc) is 2.28. The molecule has 0 radical (unpaired) electrons. The quantitative estimate of drug-likeness (QED) is 0.834. The van der Waals surface area contributed by atoms with Crippen LogP contribution in [0.25, 0.3) is 0 Å². The van der Waals surface area contributed by atoms with E-state index in [-0.39, 0.29) is 23.8 Å². The Morgan fingerprint density at radius 2 is 2.17 bits per heavy atom. The summed E-state index contributed by atoms with van der Waals surface area (Å²) in [5.41, 5.74) is 0. The molecule has 0 saturated heterocycles. The van der Waals surface area contributed by atoms with Crippen LogP contribution in [0.15, 0.2) is 0 Å². The molecule has 1 aromatic heterocycles. The Bertz CT molecular complexity index is 430. The SMILES string of the molecule is CCN(c1nc(Cl)nc(OC)n1)C(C)CC(=O)O. The molecule has 0 aliphatic carbocycles. The van der Waals surface area contributed by atoms with E-state index in [0.29, 0.717) is 12.5 Å². The maximum absolute atomic E-state index is 10.7. The van der Waals surface area contributed by atoms with Crippen LogP contribution in [-0.2, 0) is 4.79 Å². The number of aromatic nitrogens is 3. The number of anilines is 1. The number of ether oxygens (including phenoxy) is 1. The van der Waals surface area contributed by atoms with Gasteiger partial charge in [0.2, 0.25) is 11.2 Å². The molecule has 100 valence electrons. The topological polar surface area (TPSA) is 88.4 Å². The molecule has 0 spiro atoms. The Labute approximate surface area is 110 Å². The number of carboxylic acids is 1. The predicted octanol–water partition coefficient (Wildman–Crippen LogP) is 1.22. The third-order valence-electron chi connectivity index (χ3n) is 2.36. The van der Waals surface area contributed by atoms with Crippen LogP contribution >= 0.6 is 11.6 Å². The zero-order chi connectivity index (χ0) is 13.7. The lowest BCUT2D eigenvalue weighted by atomic mass is 10.2. The minimum atomic E-state index is -0.881. The Morgan fingerprint density at radius 3 is 2.67 bits per heavy atom. The maximum Gasteiger partial charge on any atom is 0.322 e. The molecule has 18 heavy (non-hydrogen) atoms. The largest absolute Gasteiger partial charge is 0.481 e. The van der Waals surface area contributed by atoms with Gasteiger partial charge in [0.1, 0.15) is 0 Å². The number of nitrogens with zero attached hydrogens (tertiary/aromatic N) is 4. The van der Waals surface area contributed by atoms with Gasteiger partial charge in [-0.3, -0.25) is 4.79 Å². The maximum atomic E-state index is 10.7. The van der Waals surface area contributed by atoms with Crippen LogP contribution in [0.2, 0.25) is 5.28 Å². The van der Waals surface area contributed by atoms with Gasteiger partial charge >= 0.3 is 12.0 Å². The van der Waals surface area contributed by atoms with E-state index in [0.717, 1.165) is 0 Å². The Balaban J connectivity index is 3.00. The molecule has 0 aromatic carbocycles. The first kappa shape index (κ1) is 14.4. The van der Waals surface area contributed by atoms with Crippen LogP contribution in [0.3, 0.4) is 0 Å². The van der Waals surface area contributed by atoms with Crippen LogP contribution in [0.5, 0.6) is 6.01 Å². The average molecular weight is 275 g/mol. The molecule has 1 aromatic rings. The van der Waals surface area contributed by atoms with Gasteiger partial charge in [0.15, 0.2) is 0 Å². The molecule has 1 atom stereocenters. The van der Waals surface area contributed by atoms with Crippen LogP contribution in [0.1, 0.15) is 20.3 Å². The molecule has 1 unspecified atom stereocenters. The van der Waals surface area contributed by atoms with E-state index in [1.165, 1.54) is 7.11 Å². The summed E-state index contributed by atoms with van der Waals surface area (Å²) in [7, 11) is 1.42. The Kier molecular flexibility index (Phi) is 5.08. The lowest BCUT2D eigenvalue weighted by Crippen LogP contribution is -2.36. The molecule has 0 bridgehead atoms. The summed E-state index contributed by atoms with van der Waals surface area (Å²) < 4.78 is 4.90. The number of halogens is 1. The summed E-state index contributed by atoms with van der Waals surface area (Å²) in [6.07, 6.45) is -0.0144. The summed E-state index contributed by atoms with van der Waals surface area (Å²) in [5, 5.41) is 8.81. The van der Waals surface area contributed by atoms with E-state index in [2.05, 4.69) is 15.0 Å². The lowest BCUT2D eigenvalue weighted by Gasteiger charge is -2.26. The molecule has 8 heteroatoms. The fourth-order valence-corrected chi connectivity index (χ4v) is 1.70. The molecule has 0 aliphatic heterocycles. The number of hydrogen-bond donors (Lipinski definition) is 1. The molecule has 0 amide bonds. The van der Waals surface area contributed by atoms with Crippen molar-refractivity contribution in [1.82, 2.24) is 15.0 Å². The van der Waals surface area contributed by atoms with Crippen molar-refractivity contribution in [2.45, 2.75) is 26.3 Å². The first-order valence-corrected chi connectivity index (χ1v) is 5.79. The minimum Gasteiger partial charge on any atom is -0.481 e. The highest BCUT2D eigenvalue weighted by Gasteiger charge is 2.19. The van der Waals surface area contributed by atoms with Crippen LogP contribution in [0.4, 0.5) is 5.95 Å². The van der Waals surface area contributed by atoms with Gasteiger partial charge in [-0.05, 0) is 25.4 Å². The number of methoxy groups -OCH3 is 1. The number of hydrogen-bond acceptors (Lipinski definition) is 6. The van der Waals surface area contributed by atoms with Crippen LogP contribution < -0.4 is 9.64 Å². The smallest absolute Gasteiger partial charge is 0.322 e. The van der Waals surface area contributed by atoms with Gasteiger partial charge in [-0.1, -0.05) is 0 Å². The number of carbonyl (C=O) groups is 1. The van der Waals surface area contributed by atoms with Gasteiger partial charge in [0.25, 0.3) is 0 Å². The second-order valence-corrected chi connectivity index (χ2v) is 3.96. The summed E-state index contributed by atoms with van der Waals surface area (Å²) in [6, 6.07) is -0.151. The highest BCUT2D eigenvalue weighted by molar-refractivity contribution is 6.28. The van der Waals surface area contributed by atoms with Crippen molar-refractivity contribution in [3.8, 4) is 6.01 Å². The Hall–Kier alpha value is -1.63. The molecule has 1 rings (SSSR count). The van der Waals surface area contributed by atoms with E-state index >= 15 is 0 Å². The number of rotatable bonds is 6. The van der Waals surface area contributed by atoms with Crippen molar-refractivity contribution < 1.29 is 14.6 Å². The van der Waals surface area contributed by atoms with Crippen molar-refractivity contribution in [1.29, 1.82) is 0 Å². The lowest BCUT2D eigenvalue weighted by molar-refractivity contribution is -0.137. The molecular weight excluding hydrogens is 260 g/mol. The minimum absolute atomic E-state index is 0.0119. The number of carboxylic acid groups (broad SMARTS) is 1. The fourth-order valence-electron chi connectivity index (χ4n) is 1.55. The third kappa shape index (κ3) is 3.69. The van der Waals surface area contributed by atoms with E-state index in [9.17, 15) is 4.79 Å². The second-order valence-electron chi connectivity index (χ2n) is 3.62. The van der Waals surface area contributed by atoms with Gasteiger partial charge in [0.05, 0.1) is 13.5 Å². The molecular formula is C10H15ClN4O3. The van der Waals surface area contributed by atoms with Gasteiger partial charge in [-0.15, -0.1) is 0 Å². The van der Waals surface area contributed by atoms with E-state index in [1.54, 1.807) is 11.8 Å². The first-order valence-electron chi connectivity index (χ1n) is 5.42. The van der Waals surface area contributed by atoms with Gasteiger partial charge < -0.3 is 14.7 Å². The fraction of sp³-hybridized carbons (Fsp3) is 0.600. The van der Waals surface area contributed by atoms with E-state index < -0.39 is 5.97 Å². The summed E-state index contributed by atoms with van der Waals surface area (Å²) in [4.78, 5) is 24.2. The molecule has 0 aliphatic rings. The summed E-state index contributed by atoms with van der Waals surface area (Å²) in [5.74, 6) is -0.573. The van der Waals surface area contributed by atoms with Crippen molar-refractivity contribution in [2.24, 2.45) is 0 Å². The zero-order valence-corrected chi connectivity index (χ0v) is 11.2. The van der Waals surface area contributed by atoms with Crippen molar-refractivity contribution in [3.63, 3.8) is 0 Å². The highest BCUT2D eigenvalue weighted by Crippen LogP contribution is 2.18. The monoisotopic (exact) mass is 274 g/mol. The summed E-state index contributed by atoms with van der Waals surface area (Å²) in [6.45, 7) is 4.21. The molecule has 0 fully saturated rings. The van der Waals surface area contributed by atoms with E-state index in [4.69, 9.17) is 21.4 Å². The van der Waals surface area contributed by atoms with Crippen LogP contribution in [0, 0.1) is 0 Å². The second kappa shape index (κ2) is 6.34. The highest BCUT2D eigenvalue weighted by atomic mass is 35.5. The van der Waals surface area contributed by atoms with Crippen molar-refractivity contribution in [3.05, 3.63) is 5.28 Å². The van der Waals surface area contributed by atoms with Gasteiger partial charge in [0, 0.05) is 12.6 Å². The predicted molar refractivity (Wildman–Crippen MR) is 66.1 cm³/mol. The van der Waals surface area contributed by atoms with Crippen LogP contribution in [-0.4, -0.2) is 45.7 Å². The molecule has 0 saturated carbocycles. The zero-order valence-electron chi connectivity index (χ0n) is 10.4.